The standard InChI is InChI=1S/C17H25N3O3S/c1-4-8-15(21)18-17(24)20-19-16(22)11-23-14-10-7-6-9-13(14)12(3)5-2/h6-7,9-10,12H,4-5,8,11H2,1-3H3,(H,19,22)(H2,18,20,21,24). The van der Waals surface area contributed by atoms with Gasteiger partial charge in [-0.15, -0.1) is 0 Å². The van der Waals surface area contributed by atoms with Crippen molar-refractivity contribution in [3.05, 3.63) is 29.8 Å². The number of carbonyl (C=O) groups is 2. The number of nitrogens with one attached hydrogen (secondary N) is 3. The lowest BCUT2D eigenvalue weighted by Gasteiger charge is -2.16. The van der Waals surface area contributed by atoms with E-state index in [1.54, 1.807) is 0 Å². The van der Waals surface area contributed by atoms with Crippen molar-refractivity contribution in [3.8, 4) is 5.75 Å². The van der Waals surface area contributed by atoms with E-state index >= 15 is 0 Å². The molecule has 0 aliphatic heterocycles. The largest absolute Gasteiger partial charge is 0.483 e. The van der Waals surface area contributed by atoms with Crippen LogP contribution in [0.1, 0.15) is 51.5 Å². The second-order valence-electron chi connectivity index (χ2n) is 5.44. The maximum Gasteiger partial charge on any atom is 0.276 e. The lowest BCUT2D eigenvalue weighted by atomic mass is 9.98. The number of benzene rings is 1. The Hall–Kier alpha value is -2.15. The predicted molar refractivity (Wildman–Crippen MR) is 97.6 cm³/mol. The van der Waals surface area contributed by atoms with Gasteiger partial charge in [0, 0.05) is 6.42 Å². The first-order valence-electron chi connectivity index (χ1n) is 8.08. The van der Waals surface area contributed by atoms with Gasteiger partial charge in [-0.2, -0.15) is 0 Å². The number of amides is 2. The van der Waals surface area contributed by atoms with Crippen LogP contribution in [-0.2, 0) is 9.59 Å². The number of hydrogen-bond donors (Lipinski definition) is 3. The summed E-state index contributed by atoms with van der Waals surface area (Å²) in [6.07, 6.45) is 2.09. The van der Waals surface area contributed by atoms with Gasteiger partial charge in [0.25, 0.3) is 5.91 Å². The summed E-state index contributed by atoms with van der Waals surface area (Å²) < 4.78 is 5.59. The van der Waals surface area contributed by atoms with Crippen LogP contribution in [0.5, 0.6) is 5.75 Å². The Morgan fingerprint density at radius 3 is 2.54 bits per heavy atom. The number of rotatable bonds is 7. The highest BCUT2D eigenvalue weighted by molar-refractivity contribution is 7.80. The summed E-state index contributed by atoms with van der Waals surface area (Å²) in [6, 6.07) is 7.67. The van der Waals surface area contributed by atoms with Gasteiger partial charge < -0.3 is 10.1 Å². The number of para-hydroxylation sites is 1. The quantitative estimate of drug-likeness (QED) is 0.519. The van der Waals surface area contributed by atoms with Gasteiger partial charge in [-0.05, 0) is 42.6 Å². The topological polar surface area (TPSA) is 79.5 Å². The summed E-state index contributed by atoms with van der Waals surface area (Å²) in [4.78, 5) is 23.2. The summed E-state index contributed by atoms with van der Waals surface area (Å²) in [5.41, 5.74) is 5.94. The van der Waals surface area contributed by atoms with E-state index in [0.717, 1.165) is 18.4 Å². The number of hydrazine groups is 1. The minimum atomic E-state index is -0.388. The molecule has 0 spiro atoms. The van der Waals surface area contributed by atoms with E-state index in [1.807, 2.05) is 31.2 Å². The predicted octanol–water partition coefficient (Wildman–Crippen LogP) is 2.40. The molecule has 0 bridgehead atoms. The average molecular weight is 351 g/mol. The van der Waals surface area contributed by atoms with E-state index in [4.69, 9.17) is 17.0 Å². The molecule has 6 nitrogen and oxygen atoms in total. The molecule has 0 radical (unpaired) electrons. The Morgan fingerprint density at radius 1 is 1.17 bits per heavy atom. The highest BCUT2D eigenvalue weighted by atomic mass is 32.1. The maximum absolute atomic E-state index is 11.8. The van der Waals surface area contributed by atoms with Crippen LogP contribution in [0.25, 0.3) is 0 Å². The van der Waals surface area contributed by atoms with Crippen LogP contribution in [-0.4, -0.2) is 23.5 Å². The smallest absolute Gasteiger partial charge is 0.276 e. The molecule has 3 N–H and O–H groups in total. The van der Waals surface area contributed by atoms with Gasteiger partial charge in [0.05, 0.1) is 0 Å². The second kappa shape index (κ2) is 10.6. The number of carbonyl (C=O) groups excluding carboxylic acids is 2. The summed E-state index contributed by atoms with van der Waals surface area (Å²) in [5, 5.41) is 2.52. The van der Waals surface area contributed by atoms with Gasteiger partial charge >= 0.3 is 0 Å². The summed E-state index contributed by atoms with van der Waals surface area (Å²) >= 11 is 4.91. The Kier molecular flexibility index (Phi) is 8.78. The van der Waals surface area contributed by atoms with Gasteiger partial charge in [-0.25, -0.2) is 0 Å². The SMILES string of the molecule is CCCC(=O)NC(=S)NNC(=O)COc1ccccc1C(C)CC. The highest BCUT2D eigenvalue weighted by Gasteiger charge is 2.11. The van der Waals surface area contributed by atoms with Crippen LogP contribution < -0.4 is 20.9 Å². The van der Waals surface area contributed by atoms with E-state index < -0.39 is 0 Å². The molecular weight excluding hydrogens is 326 g/mol. The number of thiocarbonyl (C=S) groups is 1. The molecule has 2 amide bonds. The first-order valence-corrected chi connectivity index (χ1v) is 8.49. The van der Waals surface area contributed by atoms with Crippen LogP contribution in [0.15, 0.2) is 24.3 Å². The molecule has 0 aromatic heterocycles. The van der Waals surface area contributed by atoms with Gasteiger partial charge in [-0.1, -0.05) is 39.0 Å². The molecule has 132 valence electrons. The monoisotopic (exact) mass is 351 g/mol. The van der Waals surface area contributed by atoms with Crippen LogP contribution in [0, 0.1) is 0 Å². The zero-order chi connectivity index (χ0) is 17.9. The lowest BCUT2D eigenvalue weighted by molar-refractivity contribution is -0.124. The highest BCUT2D eigenvalue weighted by Crippen LogP contribution is 2.28. The third kappa shape index (κ3) is 6.95. The molecule has 0 saturated heterocycles. The summed E-state index contributed by atoms with van der Waals surface area (Å²) in [6.45, 7) is 5.96. The van der Waals surface area contributed by atoms with Crippen LogP contribution in [0.2, 0.25) is 0 Å². The molecule has 1 rings (SSSR count). The fourth-order valence-electron chi connectivity index (χ4n) is 1.99. The zero-order valence-corrected chi connectivity index (χ0v) is 15.2. The molecular formula is C17H25N3O3S. The van der Waals surface area contributed by atoms with Crippen LogP contribution in [0.3, 0.4) is 0 Å². The zero-order valence-electron chi connectivity index (χ0n) is 14.3. The first-order chi connectivity index (χ1) is 11.5. The second-order valence-corrected chi connectivity index (χ2v) is 5.84. The van der Waals surface area contributed by atoms with Gasteiger partial charge in [-0.3, -0.25) is 20.4 Å². The van der Waals surface area contributed by atoms with Crippen LogP contribution >= 0.6 is 12.2 Å². The Bertz CT molecular complexity index is 578. The first kappa shape index (κ1) is 19.9. The van der Waals surface area contributed by atoms with Crippen molar-refractivity contribution >= 4 is 29.1 Å². The van der Waals surface area contributed by atoms with Crippen molar-refractivity contribution < 1.29 is 14.3 Å². The molecule has 1 atom stereocenters. The van der Waals surface area contributed by atoms with E-state index in [2.05, 4.69) is 30.0 Å². The Balaban J connectivity index is 2.42. The summed E-state index contributed by atoms with van der Waals surface area (Å²) in [7, 11) is 0. The van der Waals surface area contributed by atoms with E-state index in [0.29, 0.717) is 18.1 Å². The lowest BCUT2D eigenvalue weighted by Crippen LogP contribution is -2.49. The molecule has 0 aliphatic carbocycles. The van der Waals surface area contributed by atoms with Crippen LogP contribution in [0.4, 0.5) is 0 Å². The van der Waals surface area contributed by atoms with Crippen molar-refractivity contribution in [3.63, 3.8) is 0 Å². The average Bonchev–Trinajstić information content (AvgIpc) is 2.57. The van der Waals surface area contributed by atoms with Crippen molar-refractivity contribution in [2.45, 2.75) is 46.0 Å². The van der Waals surface area contributed by atoms with Crippen molar-refractivity contribution in [1.29, 1.82) is 0 Å². The molecule has 24 heavy (non-hydrogen) atoms. The normalized spacial score (nSPS) is 11.3. The molecule has 1 aromatic carbocycles. The molecule has 7 heteroatoms. The van der Waals surface area contributed by atoms with Gasteiger partial charge in [0.1, 0.15) is 5.75 Å². The van der Waals surface area contributed by atoms with E-state index in [-0.39, 0.29) is 23.5 Å². The van der Waals surface area contributed by atoms with E-state index in [1.165, 1.54) is 0 Å². The van der Waals surface area contributed by atoms with E-state index in [9.17, 15) is 9.59 Å². The number of hydrogen-bond acceptors (Lipinski definition) is 4. The van der Waals surface area contributed by atoms with Crippen molar-refractivity contribution in [2.75, 3.05) is 6.61 Å². The third-order valence-corrected chi connectivity index (χ3v) is 3.67. The summed E-state index contributed by atoms with van der Waals surface area (Å²) in [5.74, 6) is 0.466. The van der Waals surface area contributed by atoms with Crippen molar-refractivity contribution in [1.82, 2.24) is 16.2 Å². The third-order valence-electron chi connectivity index (χ3n) is 3.47. The van der Waals surface area contributed by atoms with Crippen molar-refractivity contribution in [2.24, 2.45) is 0 Å². The molecule has 0 fully saturated rings. The fraction of sp³-hybridized carbons (Fsp3) is 0.471. The minimum absolute atomic E-state index is 0.0572. The maximum atomic E-state index is 11.8. The fourth-order valence-corrected chi connectivity index (χ4v) is 2.16. The molecule has 0 aliphatic rings. The molecule has 1 aromatic rings. The van der Waals surface area contributed by atoms with Gasteiger partial charge in [0.2, 0.25) is 5.91 Å². The minimum Gasteiger partial charge on any atom is -0.483 e. The number of ether oxygens (including phenoxy) is 1. The molecule has 0 heterocycles. The van der Waals surface area contributed by atoms with Gasteiger partial charge in [0.15, 0.2) is 11.7 Å². The Morgan fingerprint density at radius 2 is 1.88 bits per heavy atom. The molecule has 1 unspecified atom stereocenters. The molecule has 0 saturated carbocycles. The Labute approximate surface area is 148 Å².